The van der Waals surface area contributed by atoms with Gasteiger partial charge >= 0.3 is 0 Å². The highest BCUT2D eigenvalue weighted by molar-refractivity contribution is 6.30. The van der Waals surface area contributed by atoms with Crippen molar-refractivity contribution in [2.75, 3.05) is 13.1 Å². The maximum atomic E-state index is 13.0. The third-order valence-electron chi connectivity index (χ3n) is 4.58. The molecule has 1 amide bonds. The number of nitrogens with zero attached hydrogens (tertiary/aromatic N) is 3. The van der Waals surface area contributed by atoms with Crippen LogP contribution in [0.25, 0.3) is 5.69 Å². The molecular formula is C19H24ClN3O. The second kappa shape index (κ2) is 6.98. The van der Waals surface area contributed by atoms with Gasteiger partial charge in [-0.3, -0.25) is 4.79 Å². The molecule has 0 spiro atoms. The minimum absolute atomic E-state index is 0.0959. The molecule has 5 heteroatoms. The van der Waals surface area contributed by atoms with E-state index in [2.05, 4.69) is 25.9 Å². The van der Waals surface area contributed by atoms with Gasteiger partial charge in [0.1, 0.15) is 0 Å². The van der Waals surface area contributed by atoms with Crippen molar-refractivity contribution in [3.63, 3.8) is 0 Å². The summed E-state index contributed by atoms with van der Waals surface area (Å²) in [5, 5.41) is 5.16. The van der Waals surface area contributed by atoms with E-state index in [9.17, 15) is 4.79 Å². The van der Waals surface area contributed by atoms with Crippen LogP contribution in [0.5, 0.6) is 0 Å². The van der Waals surface area contributed by atoms with Crippen LogP contribution in [0, 0.1) is 5.92 Å². The highest BCUT2D eigenvalue weighted by Crippen LogP contribution is 2.27. The van der Waals surface area contributed by atoms with Gasteiger partial charge in [0.2, 0.25) is 0 Å². The summed E-state index contributed by atoms with van der Waals surface area (Å²) < 4.78 is 1.84. The first-order valence-corrected chi connectivity index (χ1v) is 8.98. The van der Waals surface area contributed by atoms with Crippen molar-refractivity contribution in [2.45, 2.75) is 39.5 Å². The lowest BCUT2D eigenvalue weighted by molar-refractivity contribution is 0.0681. The molecule has 2 heterocycles. The molecule has 1 unspecified atom stereocenters. The van der Waals surface area contributed by atoms with Crippen molar-refractivity contribution in [2.24, 2.45) is 5.92 Å². The molecule has 1 aliphatic heterocycles. The lowest BCUT2D eigenvalue weighted by atomic mass is 9.98. The van der Waals surface area contributed by atoms with Gasteiger partial charge in [0.15, 0.2) is 0 Å². The number of hydrogen-bond donors (Lipinski definition) is 0. The zero-order valence-corrected chi connectivity index (χ0v) is 15.3. The molecular weight excluding hydrogens is 322 g/mol. The predicted octanol–water partition coefficient (Wildman–Crippen LogP) is 4.52. The van der Waals surface area contributed by atoms with E-state index in [0.717, 1.165) is 30.9 Å². The number of carbonyl (C=O) groups is 1. The van der Waals surface area contributed by atoms with E-state index in [1.165, 1.54) is 6.42 Å². The molecule has 1 fully saturated rings. The molecule has 0 radical (unpaired) electrons. The SMILES string of the molecule is CC1CCCN(C(=O)c2cnn(-c3cccc(Cl)c3)c2C(C)C)C1. The topological polar surface area (TPSA) is 38.1 Å². The van der Waals surface area contributed by atoms with Gasteiger partial charge < -0.3 is 4.90 Å². The van der Waals surface area contributed by atoms with Crippen molar-refractivity contribution >= 4 is 17.5 Å². The maximum Gasteiger partial charge on any atom is 0.257 e. The number of carbonyl (C=O) groups excluding carboxylic acids is 1. The standard InChI is InChI=1S/C19H24ClN3O/c1-13(2)18-17(19(24)22-9-5-6-14(3)12-22)11-21-23(18)16-8-4-7-15(20)10-16/h4,7-8,10-11,13-14H,5-6,9,12H2,1-3H3. The lowest BCUT2D eigenvalue weighted by Gasteiger charge is -2.31. The van der Waals surface area contributed by atoms with Crippen LogP contribution in [-0.2, 0) is 0 Å². The number of aromatic nitrogens is 2. The fraction of sp³-hybridized carbons (Fsp3) is 0.474. The first-order valence-electron chi connectivity index (χ1n) is 8.60. The Balaban J connectivity index is 1.98. The molecule has 128 valence electrons. The predicted molar refractivity (Wildman–Crippen MR) is 97.0 cm³/mol. The van der Waals surface area contributed by atoms with E-state index in [4.69, 9.17) is 11.6 Å². The fourth-order valence-electron chi connectivity index (χ4n) is 3.44. The molecule has 1 aliphatic rings. The summed E-state index contributed by atoms with van der Waals surface area (Å²) in [5.41, 5.74) is 2.54. The molecule has 4 nitrogen and oxygen atoms in total. The van der Waals surface area contributed by atoms with Crippen molar-refractivity contribution in [1.82, 2.24) is 14.7 Å². The van der Waals surface area contributed by atoms with Gasteiger partial charge in [-0.05, 0) is 42.9 Å². The second-order valence-electron chi connectivity index (χ2n) is 6.99. The third-order valence-corrected chi connectivity index (χ3v) is 4.82. The average Bonchev–Trinajstić information content (AvgIpc) is 2.99. The largest absolute Gasteiger partial charge is 0.338 e. The van der Waals surface area contributed by atoms with Gasteiger partial charge in [0, 0.05) is 18.1 Å². The summed E-state index contributed by atoms with van der Waals surface area (Å²) >= 11 is 6.12. The van der Waals surface area contributed by atoms with Crippen LogP contribution in [0.1, 0.15) is 55.6 Å². The van der Waals surface area contributed by atoms with E-state index in [0.29, 0.717) is 16.5 Å². The number of benzene rings is 1. The van der Waals surface area contributed by atoms with Crippen LogP contribution < -0.4 is 0 Å². The van der Waals surface area contributed by atoms with E-state index in [1.54, 1.807) is 6.20 Å². The minimum Gasteiger partial charge on any atom is -0.338 e. The summed E-state index contributed by atoms with van der Waals surface area (Å²) in [6, 6.07) is 7.57. The molecule has 1 aromatic carbocycles. The van der Waals surface area contributed by atoms with Crippen LogP contribution in [0.4, 0.5) is 0 Å². The van der Waals surface area contributed by atoms with Crippen LogP contribution in [0.2, 0.25) is 5.02 Å². The van der Waals surface area contributed by atoms with Gasteiger partial charge in [0.05, 0.1) is 23.1 Å². The molecule has 3 rings (SSSR count). The Hall–Kier alpha value is -1.81. The number of piperidine rings is 1. The summed E-state index contributed by atoms with van der Waals surface area (Å²) in [6.07, 6.45) is 3.98. The van der Waals surface area contributed by atoms with Gasteiger partial charge in [-0.25, -0.2) is 4.68 Å². The molecule has 0 saturated carbocycles. The summed E-state index contributed by atoms with van der Waals surface area (Å²) in [5.74, 6) is 0.847. The summed E-state index contributed by atoms with van der Waals surface area (Å²) in [7, 11) is 0. The number of likely N-dealkylation sites (tertiary alicyclic amines) is 1. The van der Waals surface area contributed by atoms with Gasteiger partial charge in [0.25, 0.3) is 5.91 Å². The highest BCUT2D eigenvalue weighted by atomic mass is 35.5. The Morgan fingerprint density at radius 3 is 2.83 bits per heavy atom. The number of amides is 1. The van der Waals surface area contributed by atoms with Crippen LogP contribution in [0.3, 0.4) is 0 Å². The molecule has 0 N–H and O–H groups in total. The van der Waals surface area contributed by atoms with Gasteiger partial charge in [-0.15, -0.1) is 0 Å². The molecule has 1 aromatic heterocycles. The van der Waals surface area contributed by atoms with E-state index in [-0.39, 0.29) is 11.8 Å². The Labute approximate surface area is 148 Å². The first kappa shape index (κ1) is 17.0. The van der Waals surface area contributed by atoms with Crippen molar-refractivity contribution in [3.8, 4) is 5.69 Å². The van der Waals surface area contributed by atoms with E-state index >= 15 is 0 Å². The molecule has 0 aliphatic carbocycles. The first-order chi connectivity index (χ1) is 11.5. The number of rotatable bonds is 3. The molecule has 1 saturated heterocycles. The molecule has 1 atom stereocenters. The van der Waals surface area contributed by atoms with E-state index in [1.807, 2.05) is 33.8 Å². The average molecular weight is 346 g/mol. The Kier molecular flexibility index (Phi) is 4.95. The van der Waals surface area contributed by atoms with Crippen molar-refractivity contribution in [1.29, 1.82) is 0 Å². The van der Waals surface area contributed by atoms with Crippen LogP contribution in [0.15, 0.2) is 30.5 Å². The van der Waals surface area contributed by atoms with Crippen LogP contribution >= 0.6 is 11.6 Å². The Morgan fingerprint density at radius 1 is 1.38 bits per heavy atom. The minimum atomic E-state index is 0.0959. The van der Waals surface area contributed by atoms with Crippen molar-refractivity contribution in [3.05, 3.63) is 46.7 Å². The number of hydrogen-bond acceptors (Lipinski definition) is 2. The number of halogens is 1. The molecule has 0 bridgehead atoms. The normalized spacial score (nSPS) is 18.2. The summed E-state index contributed by atoms with van der Waals surface area (Å²) in [4.78, 5) is 15.0. The smallest absolute Gasteiger partial charge is 0.257 e. The maximum absolute atomic E-state index is 13.0. The third kappa shape index (κ3) is 3.34. The van der Waals surface area contributed by atoms with Gasteiger partial charge in [-0.1, -0.05) is 38.4 Å². The fourth-order valence-corrected chi connectivity index (χ4v) is 3.62. The molecule has 2 aromatic rings. The summed E-state index contributed by atoms with van der Waals surface area (Å²) in [6.45, 7) is 8.06. The second-order valence-corrected chi connectivity index (χ2v) is 7.42. The van der Waals surface area contributed by atoms with Gasteiger partial charge in [-0.2, -0.15) is 5.10 Å². The quantitative estimate of drug-likeness (QED) is 0.820. The van der Waals surface area contributed by atoms with E-state index < -0.39 is 0 Å². The lowest BCUT2D eigenvalue weighted by Crippen LogP contribution is -2.39. The Bertz CT molecular complexity index is 738. The van der Waals surface area contributed by atoms with Crippen LogP contribution in [-0.4, -0.2) is 33.7 Å². The Morgan fingerprint density at radius 2 is 2.17 bits per heavy atom. The zero-order valence-electron chi connectivity index (χ0n) is 14.5. The zero-order chi connectivity index (χ0) is 17.3. The highest BCUT2D eigenvalue weighted by Gasteiger charge is 2.27. The molecule has 24 heavy (non-hydrogen) atoms. The monoisotopic (exact) mass is 345 g/mol. The van der Waals surface area contributed by atoms with Crippen molar-refractivity contribution < 1.29 is 4.79 Å².